The molecule has 2 N–H and O–H groups in total. The Bertz CT molecular complexity index is 1410. The second-order valence-electron chi connectivity index (χ2n) is 7.15. The quantitative estimate of drug-likeness (QED) is 0.241. The molecule has 11 heteroatoms. The maximum atomic E-state index is 12.7. The number of carbonyl (C=O) groups excluding carboxylic acids is 2. The van der Waals surface area contributed by atoms with Gasteiger partial charge < -0.3 is 20.1 Å². The van der Waals surface area contributed by atoms with Crippen LogP contribution in [0.15, 0.2) is 58.9 Å². The summed E-state index contributed by atoms with van der Waals surface area (Å²) in [6.45, 7) is 0. The Morgan fingerprint density at radius 3 is 2.40 bits per heavy atom. The van der Waals surface area contributed by atoms with Crippen LogP contribution in [0, 0.1) is 0 Å². The first-order chi connectivity index (χ1) is 16.9. The highest BCUT2D eigenvalue weighted by Gasteiger charge is 2.13. The molecule has 7 nitrogen and oxygen atoms in total. The summed E-state index contributed by atoms with van der Waals surface area (Å²) >= 11 is 14.7. The lowest BCUT2D eigenvalue weighted by molar-refractivity contribution is -0.113. The molecule has 0 fully saturated rings. The number of carbonyl (C=O) groups is 2. The van der Waals surface area contributed by atoms with E-state index in [4.69, 9.17) is 32.7 Å². The van der Waals surface area contributed by atoms with Crippen LogP contribution in [0.3, 0.4) is 0 Å². The number of nitrogens with zero attached hydrogens (tertiary/aromatic N) is 1. The minimum atomic E-state index is -0.275. The molecular weight excluding hydrogens is 529 g/mol. The summed E-state index contributed by atoms with van der Waals surface area (Å²) in [5.41, 5.74) is 2.43. The minimum Gasteiger partial charge on any atom is -0.493 e. The number of anilines is 2. The summed E-state index contributed by atoms with van der Waals surface area (Å²) in [6.07, 6.45) is 0. The third-order valence-electron chi connectivity index (χ3n) is 4.80. The van der Waals surface area contributed by atoms with Gasteiger partial charge in [0.1, 0.15) is 0 Å². The molecule has 0 saturated carbocycles. The van der Waals surface area contributed by atoms with E-state index in [1.165, 1.54) is 37.3 Å². The zero-order chi connectivity index (χ0) is 24.9. The van der Waals surface area contributed by atoms with Crippen molar-refractivity contribution in [2.45, 2.75) is 4.34 Å². The topological polar surface area (TPSA) is 89.5 Å². The molecule has 0 saturated heterocycles. The summed E-state index contributed by atoms with van der Waals surface area (Å²) < 4.78 is 12.1. The molecule has 0 unspecified atom stereocenters. The summed E-state index contributed by atoms with van der Waals surface area (Å²) in [6, 6.07) is 15.3. The van der Waals surface area contributed by atoms with Gasteiger partial charge in [0.25, 0.3) is 5.91 Å². The molecule has 35 heavy (non-hydrogen) atoms. The first-order valence-corrected chi connectivity index (χ1v) is 12.7. The van der Waals surface area contributed by atoms with E-state index in [9.17, 15) is 9.59 Å². The number of nitrogens with one attached hydrogen (secondary N) is 2. The van der Waals surface area contributed by atoms with Crippen molar-refractivity contribution in [2.75, 3.05) is 30.6 Å². The van der Waals surface area contributed by atoms with Crippen LogP contribution in [-0.4, -0.2) is 36.8 Å². The second kappa shape index (κ2) is 11.2. The lowest BCUT2D eigenvalue weighted by Crippen LogP contribution is -2.13. The van der Waals surface area contributed by atoms with Gasteiger partial charge in [-0.05, 0) is 54.6 Å². The molecule has 0 spiro atoms. The smallest absolute Gasteiger partial charge is 0.255 e. The highest BCUT2D eigenvalue weighted by molar-refractivity contribution is 8.01. The van der Waals surface area contributed by atoms with Gasteiger partial charge in [0.05, 0.1) is 40.2 Å². The number of ether oxygens (including phenoxy) is 2. The maximum absolute atomic E-state index is 12.7. The number of benzene rings is 3. The van der Waals surface area contributed by atoms with Crippen molar-refractivity contribution >= 4 is 79.7 Å². The van der Waals surface area contributed by atoms with Gasteiger partial charge >= 0.3 is 0 Å². The Labute approximate surface area is 219 Å². The molecule has 0 bridgehead atoms. The average Bonchev–Trinajstić information content (AvgIpc) is 3.26. The number of halogens is 2. The number of amides is 2. The monoisotopic (exact) mass is 547 g/mol. The molecule has 4 rings (SSSR count). The number of aromatic nitrogens is 1. The Morgan fingerprint density at radius 1 is 0.914 bits per heavy atom. The molecule has 180 valence electrons. The van der Waals surface area contributed by atoms with E-state index in [-0.39, 0.29) is 17.6 Å². The van der Waals surface area contributed by atoms with Gasteiger partial charge in [-0.2, -0.15) is 0 Å². The van der Waals surface area contributed by atoms with E-state index in [0.717, 1.165) is 14.6 Å². The fourth-order valence-corrected chi connectivity index (χ4v) is 5.33. The molecule has 1 heterocycles. The summed E-state index contributed by atoms with van der Waals surface area (Å²) in [5.74, 6) is 0.746. The second-order valence-corrected chi connectivity index (χ2v) is 10.2. The van der Waals surface area contributed by atoms with Crippen molar-refractivity contribution in [1.82, 2.24) is 4.98 Å². The Morgan fingerprint density at radius 2 is 1.66 bits per heavy atom. The molecule has 0 aliphatic rings. The molecular formula is C24H19Cl2N3O4S2. The third kappa shape index (κ3) is 6.18. The number of methoxy groups -OCH3 is 2. The third-order valence-corrected chi connectivity index (χ3v) is 7.70. The van der Waals surface area contributed by atoms with Crippen LogP contribution >= 0.6 is 46.3 Å². The molecule has 1 aromatic heterocycles. The van der Waals surface area contributed by atoms with E-state index in [1.807, 2.05) is 12.1 Å². The van der Waals surface area contributed by atoms with Crippen LogP contribution in [0.1, 0.15) is 10.4 Å². The Hall–Kier alpha value is -2.98. The highest BCUT2D eigenvalue weighted by atomic mass is 35.5. The molecule has 0 aliphatic carbocycles. The molecule has 0 atom stereocenters. The maximum Gasteiger partial charge on any atom is 0.255 e. The predicted octanol–water partition coefficient (Wildman–Crippen LogP) is 6.60. The normalized spacial score (nSPS) is 10.7. The van der Waals surface area contributed by atoms with Gasteiger partial charge in [0.2, 0.25) is 5.91 Å². The van der Waals surface area contributed by atoms with Gasteiger partial charge in [0.15, 0.2) is 15.8 Å². The van der Waals surface area contributed by atoms with E-state index in [0.29, 0.717) is 38.5 Å². The summed E-state index contributed by atoms with van der Waals surface area (Å²) in [5, 5.41) is 6.47. The van der Waals surface area contributed by atoms with Crippen LogP contribution in [-0.2, 0) is 4.79 Å². The largest absolute Gasteiger partial charge is 0.493 e. The molecule has 3 aromatic carbocycles. The molecule has 4 aromatic rings. The molecule has 0 aliphatic heterocycles. The van der Waals surface area contributed by atoms with Crippen LogP contribution in [0.25, 0.3) is 10.2 Å². The van der Waals surface area contributed by atoms with E-state index >= 15 is 0 Å². The van der Waals surface area contributed by atoms with Crippen LogP contribution in [0.5, 0.6) is 11.5 Å². The summed E-state index contributed by atoms with van der Waals surface area (Å²) in [4.78, 5) is 29.6. The number of hydrogen-bond donors (Lipinski definition) is 2. The fraction of sp³-hybridized carbons (Fsp3) is 0.125. The predicted molar refractivity (Wildman–Crippen MR) is 143 cm³/mol. The Balaban J connectivity index is 1.39. The van der Waals surface area contributed by atoms with Gasteiger partial charge in [-0.1, -0.05) is 35.0 Å². The zero-order valence-corrected chi connectivity index (χ0v) is 21.7. The van der Waals surface area contributed by atoms with Crippen LogP contribution in [0.4, 0.5) is 11.4 Å². The van der Waals surface area contributed by atoms with Crippen LogP contribution in [0.2, 0.25) is 10.0 Å². The minimum absolute atomic E-state index is 0.183. The molecule has 0 radical (unpaired) electrons. The number of fused-ring (bicyclic) bond motifs is 1. The van der Waals surface area contributed by atoms with Crippen molar-refractivity contribution < 1.29 is 19.1 Å². The number of thiazole rings is 1. The van der Waals surface area contributed by atoms with Gasteiger partial charge in [-0.15, -0.1) is 11.3 Å². The molecule has 2 amide bonds. The lowest BCUT2D eigenvalue weighted by Gasteiger charge is -2.10. The van der Waals surface area contributed by atoms with E-state index < -0.39 is 0 Å². The SMILES string of the molecule is COc1ccc(C(=O)Nc2ccc3nc(SCC(=O)Nc4ccc(Cl)c(Cl)c4)sc3c2)cc1OC. The van der Waals surface area contributed by atoms with Gasteiger partial charge in [-0.3, -0.25) is 9.59 Å². The lowest BCUT2D eigenvalue weighted by atomic mass is 10.2. The van der Waals surface area contributed by atoms with Gasteiger partial charge in [-0.25, -0.2) is 4.98 Å². The fourth-order valence-electron chi connectivity index (χ4n) is 3.12. The highest BCUT2D eigenvalue weighted by Crippen LogP contribution is 2.32. The van der Waals surface area contributed by atoms with Crippen LogP contribution < -0.4 is 20.1 Å². The number of rotatable bonds is 8. The van der Waals surface area contributed by atoms with Crippen molar-refractivity contribution in [1.29, 1.82) is 0 Å². The van der Waals surface area contributed by atoms with Crippen molar-refractivity contribution in [2.24, 2.45) is 0 Å². The van der Waals surface area contributed by atoms with Gasteiger partial charge in [0, 0.05) is 16.9 Å². The summed E-state index contributed by atoms with van der Waals surface area (Å²) in [7, 11) is 3.06. The van der Waals surface area contributed by atoms with Crippen molar-refractivity contribution in [3.63, 3.8) is 0 Å². The Kier molecular flexibility index (Phi) is 8.02. The van der Waals surface area contributed by atoms with E-state index in [2.05, 4.69) is 15.6 Å². The zero-order valence-electron chi connectivity index (χ0n) is 18.6. The van der Waals surface area contributed by atoms with Crippen molar-refractivity contribution in [3.8, 4) is 11.5 Å². The van der Waals surface area contributed by atoms with Crippen molar-refractivity contribution in [3.05, 3.63) is 70.2 Å². The first-order valence-electron chi connectivity index (χ1n) is 10.2. The average molecular weight is 548 g/mol. The van der Waals surface area contributed by atoms with E-state index in [1.54, 1.807) is 42.5 Å². The first kappa shape index (κ1) is 25.1. The standard InChI is InChI=1S/C24H19Cl2N3O4S2/c1-32-19-8-3-13(9-20(19)33-2)23(31)28-15-5-7-18-21(11-15)35-24(29-18)34-12-22(30)27-14-4-6-16(25)17(26)10-14/h3-11H,12H2,1-2H3,(H,27,30)(H,28,31). The number of hydrogen-bond acceptors (Lipinski definition) is 7. The number of thioether (sulfide) groups is 1.